The second kappa shape index (κ2) is 6.49. The number of ether oxygens (including phenoxy) is 1. The molecule has 0 spiro atoms. The molecule has 3 rings (SSSR count). The maximum Gasteiger partial charge on any atom is 0.343 e. The van der Waals surface area contributed by atoms with Gasteiger partial charge < -0.3 is 4.74 Å². The average molecular weight is 302 g/mol. The van der Waals surface area contributed by atoms with E-state index in [0.717, 1.165) is 16.7 Å². The number of rotatable bonds is 3. The first-order valence-corrected chi connectivity index (χ1v) is 7.58. The lowest BCUT2D eigenvalue weighted by molar-refractivity contribution is 0.0735. The number of aryl methyl sites for hydroxylation is 2. The van der Waals surface area contributed by atoms with Crippen LogP contribution in [0.4, 0.5) is 0 Å². The summed E-state index contributed by atoms with van der Waals surface area (Å²) in [5.74, 6) is 0.215. The van der Waals surface area contributed by atoms with Gasteiger partial charge in [-0.15, -0.1) is 0 Å². The molecule has 0 aliphatic heterocycles. The van der Waals surface area contributed by atoms with Gasteiger partial charge in [0.1, 0.15) is 5.75 Å². The minimum Gasteiger partial charge on any atom is -0.423 e. The molecular formula is C21H18O2. The van der Waals surface area contributed by atoms with Crippen LogP contribution in [0.15, 0.2) is 72.8 Å². The second-order valence-corrected chi connectivity index (χ2v) is 5.65. The van der Waals surface area contributed by atoms with Crippen LogP contribution in [0.5, 0.6) is 5.75 Å². The van der Waals surface area contributed by atoms with Crippen molar-refractivity contribution in [1.82, 2.24) is 0 Å². The van der Waals surface area contributed by atoms with E-state index < -0.39 is 0 Å². The van der Waals surface area contributed by atoms with Gasteiger partial charge in [-0.25, -0.2) is 4.79 Å². The fourth-order valence-corrected chi connectivity index (χ4v) is 2.32. The van der Waals surface area contributed by atoms with Crippen molar-refractivity contribution in [2.75, 3.05) is 0 Å². The van der Waals surface area contributed by atoms with Crippen molar-refractivity contribution in [3.8, 4) is 16.9 Å². The molecule has 0 N–H and O–H groups in total. The number of carbonyl (C=O) groups excluding carboxylic acids is 1. The first kappa shape index (κ1) is 15.0. The monoisotopic (exact) mass is 302 g/mol. The highest BCUT2D eigenvalue weighted by atomic mass is 16.5. The van der Waals surface area contributed by atoms with Gasteiger partial charge in [0.25, 0.3) is 0 Å². The number of carbonyl (C=O) groups is 1. The Balaban J connectivity index is 1.74. The molecule has 23 heavy (non-hydrogen) atoms. The molecule has 0 saturated heterocycles. The van der Waals surface area contributed by atoms with E-state index in [-0.39, 0.29) is 5.97 Å². The van der Waals surface area contributed by atoms with E-state index >= 15 is 0 Å². The summed E-state index contributed by atoms with van der Waals surface area (Å²) in [5.41, 5.74) is 5.12. The molecular weight excluding hydrogens is 284 g/mol. The predicted molar refractivity (Wildman–Crippen MR) is 92.8 cm³/mol. The summed E-state index contributed by atoms with van der Waals surface area (Å²) in [4.78, 5) is 12.2. The van der Waals surface area contributed by atoms with E-state index in [1.807, 2.05) is 31.2 Å². The Hall–Kier alpha value is -2.87. The third-order valence-corrected chi connectivity index (χ3v) is 3.74. The number of hydrogen-bond acceptors (Lipinski definition) is 2. The van der Waals surface area contributed by atoms with Crippen LogP contribution in [-0.2, 0) is 0 Å². The molecule has 0 unspecified atom stereocenters. The zero-order valence-corrected chi connectivity index (χ0v) is 13.2. The average Bonchev–Trinajstić information content (AvgIpc) is 2.58. The smallest absolute Gasteiger partial charge is 0.343 e. The summed E-state index contributed by atoms with van der Waals surface area (Å²) in [5, 5.41) is 0. The van der Waals surface area contributed by atoms with Crippen LogP contribution < -0.4 is 4.74 Å². The highest BCUT2D eigenvalue weighted by Gasteiger charge is 2.08. The lowest BCUT2D eigenvalue weighted by Gasteiger charge is -2.06. The van der Waals surface area contributed by atoms with Crippen molar-refractivity contribution in [3.05, 3.63) is 89.5 Å². The second-order valence-electron chi connectivity index (χ2n) is 5.65. The maximum absolute atomic E-state index is 12.2. The van der Waals surface area contributed by atoms with E-state index in [1.165, 1.54) is 5.56 Å². The van der Waals surface area contributed by atoms with Gasteiger partial charge in [-0.1, -0.05) is 59.7 Å². The van der Waals surface area contributed by atoms with E-state index in [1.54, 1.807) is 24.3 Å². The van der Waals surface area contributed by atoms with Gasteiger partial charge >= 0.3 is 5.97 Å². The summed E-state index contributed by atoms with van der Waals surface area (Å²) >= 11 is 0. The summed E-state index contributed by atoms with van der Waals surface area (Å²) < 4.78 is 5.38. The van der Waals surface area contributed by atoms with E-state index in [0.29, 0.717) is 11.3 Å². The maximum atomic E-state index is 12.2. The standard InChI is InChI=1S/C21H18O2/c1-15-3-7-17(8-4-15)18-9-11-19(12-10-18)21(22)23-20-13-5-16(2)6-14-20/h3-14H,1-2H3. The Morgan fingerprint density at radius 1 is 0.652 bits per heavy atom. The summed E-state index contributed by atoms with van der Waals surface area (Å²) in [7, 11) is 0. The first-order valence-electron chi connectivity index (χ1n) is 7.58. The number of benzene rings is 3. The molecule has 3 aromatic carbocycles. The molecule has 0 saturated carbocycles. The third kappa shape index (κ3) is 3.67. The molecule has 3 aromatic rings. The van der Waals surface area contributed by atoms with Crippen LogP contribution in [0.1, 0.15) is 21.5 Å². The Bertz CT molecular complexity index is 798. The Labute approximate surface area is 136 Å². The fraction of sp³-hybridized carbons (Fsp3) is 0.0952. The molecule has 0 bridgehead atoms. The van der Waals surface area contributed by atoms with E-state index in [2.05, 4.69) is 31.2 Å². The minimum atomic E-state index is -0.343. The summed E-state index contributed by atoms with van der Waals surface area (Å²) in [6, 6.07) is 23.2. The Morgan fingerprint density at radius 3 is 1.61 bits per heavy atom. The first-order chi connectivity index (χ1) is 11.1. The minimum absolute atomic E-state index is 0.343. The highest BCUT2D eigenvalue weighted by molar-refractivity contribution is 5.91. The SMILES string of the molecule is Cc1ccc(OC(=O)c2ccc(-c3ccc(C)cc3)cc2)cc1. The normalized spacial score (nSPS) is 10.3. The van der Waals surface area contributed by atoms with Crippen molar-refractivity contribution >= 4 is 5.97 Å². The van der Waals surface area contributed by atoms with Gasteiger partial charge in [0, 0.05) is 0 Å². The van der Waals surface area contributed by atoms with Crippen molar-refractivity contribution in [1.29, 1.82) is 0 Å². The summed E-state index contributed by atoms with van der Waals surface area (Å²) in [6.07, 6.45) is 0. The van der Waals surface area contributed by atoms with Gasteiger partial charge in [0.2, 0.25) is 0 Å². The Morgan fingerprint density at radius 2 is 1.09 bits per heavy atom. The highest BCUT2D eigenvalue weighted by Crippen LogP contribution is 2.21. The van der Waals surface area contributed by atoms with E-state index in [4.69, 9.17) is 4.74 Å². The molecule has 2 heteroatoms. The topological polar surface area (TPSA) is 26.3 Å². The molecule has 114 valence electrons. The zero-order chi connectivity index (χ0) is 16.2. The van der Waals surface area contributed by atoms with Crippen LogP contribution >= 0.6 is 0 Å². The molecule has 0 aliphatic rings. The molecule has 0 aliphatic carbocycles. The van der Waals surface area contributed by atoms with Crippen LogP contribution in [0.3, 0.4) is 0 Å². The van der Waals surface area contributed by atoms with Gasteiger partial charge in [-0.3, -0.25) is 0 Å². The number of hydrogen-bond donors (Lipinski definition) is 0. The van der Waals surface area contributed by atoms with E-state index in [9.17, 15) is 4.79 Å². The Kier molecular flexibility index (Phi) is 4.24. The predicted octanol–water partition coefficient (Wildman–Crippen LogP) is 5.19. The molecule has 0 heterocycles. The third-order valence-electron chi connectivity index (χ3n) is 3.74. The molecule has 0 radical (unpaired) electrons. The van der Waals surface area contributed by atoms with Gasteiger partial charge in [0.05, 0.1) is 5.56 Å². The summed E-state index contributed by atoms with van der Waals surface area (Å²) in [6.45, 7) is 4.06. The molecule has 0 aromatic heterocycles. The lowest BCUT2D eigenvalue weighted by Crippen LogP contribution is -2.08. The van der Waals surface area contributed by atoms with Gasteiger partial charge in [0.15, 0.2) is 0 Å². The van der Waals surface area contributed by atoms with Gasteiger partial charge in [-0.2, -0.15) is 0 Å². The van der Waals surface area contributed by atoms with Crippen LogP contribution in [0, 0.1) is 13.8 Å². The van der Waals surface area contributed by atoms with Crippen LogP contribution in [0.2, 0.25) is 0 Å². The van der Waals surface area contributed by atoms with Crippen molar-refractivity contribution in [2.24, 2.45) is 0 Å². The molecule has 0 atom stereocenters. The van der Waals surface area contributed by atoms with Crippen LogP contribution in [-0.4, -0.2) is 5.97 Å². The molecule has 0 fully saturated rings. The van der Waals surface area contributed by atoms with Crippen LogP contribution in [0.25, 0.3) is 11.1 Å². The zero-order valence-electron chi connectivity index (χ0n) is 13.2. The van der Waals surface area contributed by atoms with Crippen molar-refractivity contribution < 1.29 is 9.53 Å². The largest absolute Gasteiger partial charge is 0.423 e. The number of esters is 1. The van der Waals surface area contributed by atoms with Gasteiger partial charge in [-0.05, 0) is 49.2 Å². The lowest BCUT2D eigenvalue weighted by atomic mass is 10.0. The fourth-order valence-electron chi connectivity index (χ4n) is 2.32. The van der Waals surface area contributed by atoms with Crippen molar-refractivity contribution in [3.63, 3.8) is 0 Å². The quantitative estimate of drug-likeness (QED) is 0.491. The van der Waals surface area contributed by atoms with Crippen molar-refractivity contribution in [2.45, 2.75) is 13.8 Å². The molecule has 2 nitrogen and oxygen atoms in total. The molecule has 0 amide bonds.